The van der Waals surface area contributed by atoms with Crippen LogP contribution in [0.15, 0.2) is 41.8 Å². The molecule has 2 aromatic rings. The molecule has 0 saturated heterocycles. The van der Waals surface area contributed by atoms with Crippen molar-refractivity contribution in [1.29, 1.82) is 0 Å². The van der Waals surface area contributed by atoms with Gasteiger partial charge in [0.2, 0.25) is 0 Å². The number of aliphatic hydroxyl groups excluding tert-OH is 1. The van der Waals surface area contributed by atoms with Crippen molar-refractivity contribution >= 4 is 11.3 Å². The second-order valence-electron chi connectivity index (χ2n) is 4.88. The lowest BCUT2D eigenvalue weighted by Gasteiger charge is -2.17. The summed E-state index contributed by atoms with van der Waals surface area (Å²) in [6, 6.07) is 12.2. The van der Waals surface area contributed by atoms with Gasteiger partial charge in [0.1, 0.15) is 18.5 Å². The zero-order valence-corrected chi connectivity index (χ0v) is 12.7. The molecule has 0 aliphatic heterocycles. The Kier molecular flexibility index (Phi) is 5.59. The molecule has 0 radical (unpaired) electrons. The van der Waals surface area contributed by atoms with Crippen molar-refractivity contribution in [2.24, 2.45) is 0 Å². The van der Waals surface area contributed by atoms with Gasteiger partial charge in [0, 0.05) is 17.5 Å². The van der Waals surface area contributed by atoms with Gasteiger partial charge in [0.05, 0.1) is 0 Å². The Labute approximate surface area is 124 Å². The molecular formula is C16H21NO2S. The summed E-state index contributed by atoms with van der Waals surface area (Å²) in [5.74, 6) is 0.831. The fraction of sp³-hybridized carbons (Fsp3) is 0.375. The molecular weight excluding hydrogens is 270 g/mol. The van der Waals surface area contributed by atoms with Crippen molar-refractivity contribution in [3.63, 3.8) is 0 Å². The molecule has 0 saturated carbocycles. The summed E-state index contributed by atoms with van der Waals surface area (Å²) in [6.07, 6.45) is -0.517. The molecule has 108 valence electrons. The second kappa shape index (κ2) is 7.43. The standard InChI is InChI=1S/C16H21NO2S/c1-12-6-3-4-7-15(12)19-11-14(18)10-17-13(2)16-8-5-9-20-16/h3-9,13-14,17-18H,10-11H2,1-2H3. The van der Waals surface area contributed by atoms with E-state index < -0.39 is 6.10 Å². The Bertz CT molecular complexity index is 513. The minimum Gasteiger partial charge on any atom is -0.491 e. The van der Waals surface area contributed by atoms with E-state index >= 15 is 0 Å². The normalized spacial score (nSPS) is 13.9. The van der Waals surface area contributed by atoms with E-state index in [0.717, 1.165) is 11.3 Å². The SMILES string of the molecule is Cc1ccccc1OCC(O)CNC(C)c1cccs1. The number of para-hydroxylation sites is 1. The highest BCUT2D eigenvalue weighted by molar-refractivity contribution is 7.10. The molecule has 20 heavy (non-hydrogen) atoms. The van der Waals surface area contributed by atoms with E-state index in [1.807, 2.05) is 37.3 Å². The number of ether oxygens (including phenoxy) is 1. The van der Waals surface area contributed by atoms with Crippen molar-refractivity contribution < 1.29 is 9.84 Å². The van der Waals surface area contributed by atoms with E-state index in [-0.39, 0.29) is 6.04 Å². The summed E-state index contributed by atoms with van der Waals surface area (Å²) in [7, 11) is 0. The Hall–Kier alpha value is -1.36. The van der Waals surface area contributed by atoms with E-state index in [9.17, 15) is 5.11 Å². The van der Waals surface area contributed by atoms with E-state index in [0.29, 0.717) is 13.2 Å². The van der Waals surface area contributed by atoms with Gasteiger partial charge in [-0.1, -0.05) is 24.3 Å². The average molecular weight is 291 g/mol. The van der Waals surface area contributed by atoms with Crippen molar-refractivity contribution in [3.05, 3.63) is 52.2 Å². The van der Waals surface area contributed by atoms with Crippen LogP contribution in [0.5, 0.6) is 5.75 Å². The number of aryl methyl sites for hydroxylation is 1. The second-order valence-corrected chi connectivity index (χ2v) is 5.85. The first-order chi connectivity index (χ1) is 9.66. The maximum Gasteiger partial charge on any atom is 0.122 e. The van der Waals surface area contributed by atoms with Gasteiger partial charge in [-0.3, -0.25) is 0 Å². The fourth-order valence-corrected chi connectivity index (χ4v) is 2.67. The Balaban J connectivity index is 1.73. The zero-order valence-electron chi connectivity index (χ0n) is 11.9. The summed E-state index contributed by atoms with van der Waals surface area (Å²) in [5, 5.41) is 15.3. The van der Waals surface area contributed by atoms with Crippen LogP contribution in [0.2, 0.25) is 0 Å². The fourth-order valence-electron chi connectivity index (χ4n) is 1.91. The number of hydrogen-bond acceptors (Lipinski definition) is 4. The molecule has 0 spiro atoms. The van der Waals surface area contributed by atoms with E-state index in [4.69, 9.17) is 4.74 Å². The van der Waals surface area contributed by atoms with E-state index in [2.05, 4.69) is 23.7 Å². The Morgan fingerprint density at radius 2 is 2.05 bits per heavy atom. The molecule has 1 heterocycles. The first kappa shape index (κ1) is 15.0. The molecule has 0 amide bonds. The zero-order chi connectivity index (χ0) is 14.4. The number of hydrogen-bond donors (Lipinski definition) is 2. The molecule has 2 atom stereocenters. The lowest BCUT2D eigenvalue weighted by Crippen LogP contribution is -2.32. The lowest BCUT2D eigenvalue weighted by atomic mass is 10.2. The molecule has 2 N–H and O–H groups in total. The minimum absolute atomic E-state index is 0.253. The summed E-state index contributed by atoms with van der Waals surface area (Å²) >= 11 is 1.72. The molecule has 0 aliphatic rings. The van der Waals surface area contributed by atoms with Crippen LogP contribution in [0.3, 0.4) is 0 Å². The van der Waals surface area contributed by atoms with Crippen LogP contribution in [0.4, 0.5) is 0 Å². The average Bonchev–Trinajstić information content (AvgIpc) is 2.98. The molecule has 3 nitrogen and oxygen atoms in total. The largest absolute Gasteiger partial charge is 0.491 e. The third-order valence-corrected chi connectivity index (χ3v) is 4.21. The highest BCUT2D eigenvalue weighted by Crippen LogP contribution is 2.18. The summed E-state index contributed by atoms with van der Waals surface area (Å²) < 4.78 is 5.63. The van der Waals surface area contributed by atoms with Crippen LogP contribution in [-0.2, 0) is 0 Å². The molecule has 0 fully saturated rings. The smallest absolute Gasteiger partial charge is 0.122 e. The van der Waals surface area contributed by atoms with Gasteiger partial charge in [-0.2, -0.15) is 0 Å². The third-order valence-electron chi connectivity index (χ3n) is 3.15. The highest BCUT2D eigenvalue weighted by Gasteiger charge is 2.10. The predicted octanol–water partition coefficient (Wildman–Crippen LogP) is 3.15. The maximum absolute atomic E-state index is 9.96. The maximum atomic E-state index is 9.96. The lowest BCUT2D eigenvalue weighted by molar-refractivity contribution is 0.104. The number of nitrogens with one attached hydrogen (secondary N) is 1. The van der Waals surface area contributed by atoms with Gasteiger partial charge in [0.15, 0.2) is 0 Å². The summed E-state index contributed by atoms with van der Waals surface area (Å²) in [4.78, 5) is 1.28. The van der Waals surface area contributed by atoms with Gasteiger partial charge >= 0.3 is 0 Å². The van der Waals surface area contributed by atoms with Crippen LogP contribution in [0.1, 0.15) is 23.4 Å². The van der Waals surface area contributed by atoms with Crippen LogP contribution in [-0.4, -0.2) is 24.4 Å². The van der Waals surface area contributed by atoms with Gasteiger partial charge in [0.25, 0.3) is 0 Å². The van der Waals surface area contributed by atoms with Crippen LogP contribution in [0, 0.1) is 6.92 Å². The predicted molar refractivity (Wildman–Crippen MR) is 83.4 cm³/mol. The van der Waals surface area contributed by atoms with Gasteiger partial charge < -0.3 is 15.2 Å². The first-order valence-electron chi connectivity index (χ1n) is 6.80. The van der Waals surface area contributed by atoms with Crippen molar-refractivity contribution in [1.82, 2.24) is 5.32 Å². The van der Waals surface area contributed by atoms with E-state index in [1.165, 1.54) is 4.88 Å². The number of rotatable bonds is 7. The summed E-state index contributed by atoms with van der Waals surface area (Å²) in [6.45, 7) is 4.92. The molecule has 4 heteroatoms. The molecule has 2 rings (SSSR count). The van der Waals surface area contributed by atoms with Crippen molar-refractivity contribution in [2.45, 2.75) is 26.0 Å². The van der Waals surface area contributed by atoms with Crippen molar-refractivity contribution in [2.75, 3.05) is 13.2 Å². The first-order valence-corrected chi connectivity index (χ1v) is 7.68. The van der Waals surface area contributed by atoms with Crippen LogP contribution < -0.4 is 10.1 Å². The third kappa shape index (κ3) is 4.34. The monoisotopic (exact) mass is 291 g/mol. The van der Waals surface area contributed by atoms with Gasteiger partial charge in [-0.05, 0) is 36.9 Å². The Morgan fingerprint density at radius 3 is 2.75 bits per heavy atom. The van der Waals surface area contributed by atoms with Crippen LogP contribution >= 0.6 is 11.3 Å². The molecule has 0 bridgehead atoms. The molecule has 0 aliphatic carbocycles. The number of aliphatic hydroxyl groups is 1. The molecule has 1 aromatic heterocycles. The molecule has 1 aromatic carbocycles. The number of benzene rings is 1. The van der Waals surface area contributed by atoms with E-state index in [1.54, 1.807) is 11.3 Å². The van der Waals surface area contributed by atoms with Crippen molar-refractivity contribution in [3.8, 4) is 5.75 Å². The van der Waals surface area contributed by atoms with Gasteiger partial charge in [-0.15, -0.1) is 11.3 Å². The van der Waals surface area contributed by atoms with Crippen LogP contribution in [0.25, 0.3) is 0 Å². The summed E-state index contributed by atoms with van der Waals surface area (Å²) in [5.41, 5.74) is 1.08. The van der Waals surface area contributed by atoms with Gasteiger partial charge in [-0.25, -0.2) is 0 Å². The topological polar surface area (TPSA) is 41.5 Å². The minimum atomic E-state index is -0.517. The highest BCUT2D eigenvalue weighted by atomic mass is 32.1. The molecule has 2 unspecified atom stereocenters. The quantitative estimate of drug-likeness (QED) is 0.823. The Morgan fingerprint density at radius 1 is 1.25 bits per heavy atom. The number of thiophene rings is 1.